The Kier molecular flexibility index (Phi) is 8.82. The molecule has 5 nitrogen and oxygen atoms in total. The Morgan fingerprint density at radius 3 is 2.39 bits per heavy atom. The van der Waals surface area contributed by atoms with E-state index < -0.39 is 6.04 Å². The molecule has 6 heteroatoms. The molecule has 2 aromatic rings. The van der Waals surface area contributed by atoms with Gasteiger partial charge in [0.1, 0.15) is 11.8 Å². The molecule has 0 spiro atoms. The highest BCUT2D eigenvalue weighted by molar-refractivity contribution is 6.32. The third-order valence-electron chi connectivity index (χ3n) is 4.41. The SMILES string of the molecule is CCNC(=O)[C@H](CC)N(CCc1ccccc1)C(=O)COc1ccccc1Cl. The quantitative estimate of drug-likeness (QED) is 0.659. The fraction of sp³-hybridized carbons (Fsp3) is 0.364. The number of para-hydroxylation sites is 1. The first kappa shape index (κ1) is 21.8. The Bertz CT molecular complexity index is 767. The molecule has 2 amide bonds. The maximum absolute atomic E-state index is 12.9. The minimum Gasteiger partial charge on any atom is -0.482 e. The number of nitrogens with one attached hydrogen (secondary N) is 1. The number of carbonyl (C=O) groups excluding carboxylic acids is 2. The van der Waals surface area contributed by atoms with Gasteiger partial charge < -0.3 is 15.0 Å². The summed E-state index contributed by atoms with van der Waals surface area (Å²) in [4.78, 5) is 27.0. The smallest absolute Gasteiger partial charge is 0.261 e. The number of carbonyl (C=O) groups is 2. The summed E-state index contributed by atoms with van der Waals surface area (Å²) in [6.45, 7) is 4.55. The molecule has 0 bridgehead atoms. The number of likely N-dealkylation sites (N-methyl/N-ethyl adjacent to an activating group) is 1. The van der Waals surface area contributed by atoms with Gasteiger partial charge in [0.15, 0.2) is 6.61 Å². The molecule has 0 aromatic heterocycles. The third-order valence-corrected chi connectivity index (χ3v) is 4.72. The van der Waals surface area contributed by atoms with E-state index >= 15 is 0 Å². The zero-order valence-electron chi connectivity index (χ0n) is 16.4. The summed E-state index contributed by atoms with van der Waals surface area (Å²) in [6, 6.07) is 16.4. The Morgan fingerprint density at radius 1 is 1.07 bits per heavy atom. The number of halogens is 1. The molecule has 1 atom stereocenters. The van der Waals surface area contributed by atoms with Gasteiger partial charge in [0.05, 0.1) is 5.02 Å². The van der Waals surface area contributed by atoms with Crippen molar-refractivity contribution in [2.24, 2.45) is 0 Å². The minimum atomic E-state index is -0.536. The fourth-order valence-corrected chi connectivity index (χ4v) is 3.16. The maximum atomic E-state index is 12.9. The first-order valence-electron chi connectivity index (χ1n) is 9.55. The molecule has 0 unspecified atom stereocenters. The summed E-state index contributed by atoms with van der Waals surface area (Å²) < 4.78 is 5.61. The van der Waals surface area contributed by atoms with Crippen LogP contribution in [0.15, 0.2) is 54.6 Å². The average Bonchev–Trinajstić information content (AvgIpc) is 2.71. The molecule has 28 heavy (non-hydrogen) atoms. The number of hydrogen-bond donors (Lipinski definition) is 1. The van der Waals surface area contributed by atoms with Gasteiger partial charge in [-0.25, -0.2) is 0 Å². The van der Waals surface area contributed by atoms with Gasteiger partial charge in [-0.2, -0.15) is 0 Å². The van der Waals surface area contributed by atoms with Gasteiger partial charge in [-0.1, -0.05) is 61.0 Å². The topological polar surface area (TPSA) is 58.6 Å². The van der Waals surface area contributed by atoms with E-state index in [2.05, 4.69) is 5.32 Å². The van der Waals surface area contributed by atoms with Crippen molar-refractivity contribution in [1.82, 2.24) is 10.2 Å². The van der Waals surface area contributed by atoms with Crippen LogP contribution in [0.1, 0.15) is 25.8 Å². The molecule has 0 heterocycles. The van der Waals surface area contributed by atoms with Crippen molar-refractivity contribution in [3.05, 3.63) is 65.2 Å². The van der Waals surface area contributed by atoms with Crippen LogP contribution in [-0.2, 0) is 16.0 Å². The van der Waals surface area contributed by atoms with Crippen LogP contribution < -0.4 is 10.1 Å². The molecule has 0 radical (unpaired) electrons. The standard InChI is InChI=1S/C22H27ClN2O3/c1-3-19(22(27)24-4-2)25(15-14-17-10-6-5-7-11-17)21(26)16-28-20-13-9-8-12-18(20)23/h5-13,19H,3-4,14-16H2,1-2H3,(H,24,27)/t19-/m0/s1. The fourth-order valence-electron chi connectivity index (χ4n) is 2.97. The lowest BCUT2D eigenvalue weighted by atomic mass is 10.1. The van der Waals surface area contributed by atoms with E-state index in [0.717, 1.165) is 5.56 Å². The van der Waals surface area contributed by atoms with E-state index in [0.29, 0.717) is 36.7 Å². The molecule has 1 N–H and O–H groups in total. The second kappa shape index (κ2) is 11.3. The molecule has 2 aromatic carbocycles. The molecule has 150 valence electrons. The van der Waals surface area contributed by atoms with Crippen LogP contribution in [-0.4, -0.2) is 42.5 Å². The number of ether oxygens (including phenoxy) is 1. The highest BCUT2D eigenvalue weighted by Gasteiger charge is 2.28. The van der Waals surface area contributed by atoms with Crippen molar-refractivity contribution in [1.29, 1.82) is 0 Å². The van der Waals surface area contributed by atoms with Gasteiger partial charge in [0, 0.05) is 13.1 Å². The molecule has 2 rings (SSSR count). The van der Waals surface area contributed by atoms with Gasteiger partial charge in [0.2, 0.25) is 5.91 Å². The first-order valence-corrected chi connectivity index (χ1v) is 9.93. The predicted molar refractivity (Wildman–Crippen MR) is 112 cm³/mol. The van der Waals surface area contributed by atoms with Crippen LogP contribution >= 0.6 is 11.6 Å². The number of benzene rings is 2. The molecule has 0 fully saturated rings. The van der Waals surface area contributed by atoms with Gasteiger partial charge in [0.25, 0.3) is 5.91 Å². The lowest BCUT2D eigenvalue weighted by Crippen LogP contribution is -2.51. The Labute approximate surface area is 171 Å². The van der Waals surface area contributed by atoms with Gasteiger partial charge in [-0.05, 0) is 37.5 Å². The van der Waals surface area contributed by atoms with Crippen molar-refractivity contribution < 1.29 is 14.3 Å². The van der Waals surface area contributed by atoms with Crippen molar-refractivity contribution in [2.75, 3.05) is 19.7 Å². The van der Waals surface area contributed by atoms with E-state index in [1.54, 1.807) is 29.2 Å². The highest BCUT2D eigenvalue weighted by atomic mass is 35.5. The first-order chi connectivity index (χ1) is 13.6. The average molecular weight is 403 g/mol. The van der Waals surface area contributed by atoms with Gasteiger partial charge >= 0.3 is 0 Å². The Morgan fingerprint density at radius 2 is 1.75 bits per heavy atom. The van der Waals surface area contributed by atoms with E-state index in [1.807, 2.05) is 44.2 Å². The monoisotopic (exact) mass is 402 g/mol. The molecular weight excluding hydrogens is 376 g/mol. The molecule has 0 aliphatic rings. The molecular formula is C22H27ClN2O3. The summed E-state index contributed by atoms with van der Waals surface area (Å²) in [7, 11) is 0. The van der Waals surface area contributed by atoms with E-state index in [9.17, 15) is 9.59 Å². The summed E-state index contributed by atoms with van der Waals surface area (Å²) in [5, 5.41) is 3.26. The van der Waals surface area contributed by atoms with Crippen molar-refractivity contribution in [3.63, 3.8) is 0 Å². The zero-order valence-corrected chi connectivity index (χ0v) is 17.1. The Hall–Kier alpha value is -2.53. The number of nitrogens with zero attached hydrogens (tertiary/aromatic N) is 1. The minimum absolute atomic E-state index is 0.149. The van der Waals surface area contributed by atoms with Crippen LogP contribution in [0, 0.1) is 0 Å². The van der Waals surface area contributed by atoms with Crippen LogP contribution in [0.25, 0.3) is 0 Å². The normalized spacial score (nSPS) is 11.5. The summed E-state index contributed by atoms with van der Waals surface area (Å²) in [5.41, 5.74) is 1.11. The summed E-state index contributed by atoms with van der Waals surface area (Å²) in [6.07, 6.45) is 1.19. The van der Waals surface area contributed by atoms with E-state index in [-0.39, 0.29) is 18.4 Å². The highest BCUT2D eigenvalue weighted by Crippen LogP contribution is 2.23. The Balaban J connectivity index is 2.11. The van der Waals surface area contributed by atoms with Crippen molar-refractivity contribution in [3.8, 4) is 5.75 Å². The molecule has 0 aliphatic heterocycles. The number of amides is 2. The van der Waals surface area contributed by atoms with Crippen LogP contribution in [0.5, 0.6) is 5.75 Å². The zero-order chi connectivity index (χ0) is 20.4. The van der Waals surface area contributed by atoms with E-state index in [4.69, 9.17) is 16.3 Å². The molecule has 0 aliphatic carbocycles. The van der Waals surface area contributed by atoms with Crippen molar-refractivity contribution in [2.45, 2.75) is 32.7 Å². The summed E-state index contributed by atoms with van der Waals surface area (Å²) >= 11 is 6.10. The second-order valence-corrected chi connectivity index (χ2v) is 6.77. The van der Waals surface area contributed by atoms with Crippen LogP contribution in [0.3, 0.4) is 0 Å². The second-order valence-electron chi connectivity index (χ2n) is 6.36. The lowest BCUT2D eigenvalue weighted by molar-refractivity contribution is -0.142. The van der Waals surface area contributed by atoms with Gasteiger partial charge in [-0.3, -0.25) is 9.59 Å². The van der Waals surface area contributed by atoms with Crippen LogP contribution in [0.2, 0.25) is 5.02 Å². The number of rotatable bonds is 10. The van der Waals surface area contributed by atoms with Crippen LogP contribution in [0.4, 0.5) is 0 Å². The summed E-state index contributed by atoms with van der Waals surface area (Å²) in [5.74, 6) is 0.0599. The third kappa shape index (κ3) is 6.27. The predicted octanol–water partition coefficient (Wildman–Crippen LogP) is 3.70. The molecule has 0 saturated heterocycles. The number of hydrogen-bond acceptors (Lipinski definition) is 3. The molecule has 0 saturated carbocycles. The van der Waals surface area contributed by atoms with E-state index in [1.165, 1.54) is 0 Å². The van der Waals surface area contributed by atoms with Crippen molar-refractivity contribution >= 4 is 23.4 Å². The van der Waals surface area contributed by atoms with Gasteiger partial charge in [-0.15, -0.1) is 0 Å². The maximum Gasteiger partial charge on any atom is 0.261 e. The lowest BCUT2D eigenvalue weighted by Gasteiger charge is -2.30. The largest absolute Gasteiger partial charge is 0.482 e.